The molecule has 98 valence electrons. The number of hydrogen-bond acceptors (Lipinski definition) is 3. The number of hydrogen-bond donors (Lipinski definition) is 0. The largest absolute Gasteiger partial charge is 0.366 e. The van der Waals surface area contributed by atoms with E-state index < -0.39 is 0 Å². The monoisotopic (exact) mass is 312 g/mol. The Labute approximate surface area is 115 Å². The van der Waals surface area contributed by atoms with Crippen LogP contribution in [0.3, 0.4) is 0 Å². The van der Waals surface area contributed by atoms with Crippen molar-refractivity contribution in [3.63, 3.8) is 0 Å². The van der Waals surface area contributed by atoms with Crippen LogP contribution in [0.1, 0.15) is 32.3 Å². The van der Waals surface area contributed by atoms with E-state index in [-0.39, 0.29) is 16.1 Å². The van der Waals surface area contributed by atoms with Gasteiger partial charge in [-0.3, -0.25) is 10.1 Å². The first-order chi connectivity index (χ1) is 8.45. The summed E-state index contributed by atoms with van der Waals surface area (Å²) in [5, 5.41) is 11.4. The van der Waals surface area contributed by atoms with E-state index >= 15 is 0 Å². The minimum Gasteiger partial charge on any atom is -0.366 e. The average Bonchev–Trinajstić information content (AvgIpc) is 2.68. The second-order valence-corrected chi connectivity index (χ2v) is 5.83. The van der Waals surface area contributed by atoms with Gasteiger partial charge in [-0.1, -0.05) is 15.9 Å². The van der Waals surface area contributed by atoms with Crippen molar-refractivity contribution in [2.45, 2.75) is 37.6 Å². The number of halogens is 1. The number of alkyl halides is 1. The molecule has 0 aromatic heterocycles. The molecule has 4 nitrogen and oxygen atoms in total. The van der Waals surface area contributed by atoms with Gasteiger partial charge in [-0.05, 0) is 38.8 Å². The maximum absolute atomic E-state index is 10.9. The summed E-state index contributed by atoms with van der Waals surface area (Å²) in [6.07, 6.45) is 2.33. The van der Waals surface area contributed by atoms with Crippen LogP contribution in [0.4, 0.5) is 11.4 Å². The van der Waals surface area contributed by atoms with Gasteiger partial charge in [0.15, 0.2) is 0 Å². The summed E-state index contributed by atoms with van der Waals surface area (Å²) < 4.78 is 0. The predicted octanol–water partition coefficient (Wildman–Crippen LogP) is 3.87. The summed E-state index contributed by atoms with van der Waals surface area (Å²) in [6.45, 7) is 5.46. The van der Waals surface area contributed by atoms with Gasteiger partial charge in [0.05, 0.1) is 4.92 Å². The first kappa shape index (κ1) is 13.3. The van der Waals surface area contributed by atoms with Crippen LogP contribution >= 0.6 is 15.9 Å². The molecule has 1 aromatic carbocycles. The highest BCUT2D eigenvalue weighted by Crippen LogP contribution is 2.36. The van der Waals surface area contributed by atoms with Crippen LogP contribution in [-0.4, -0.2) is 17.0 Å². The predicted molar refractivity (Wildman–Crippen MR) is 76.4 cm³/mol. The van der Waals surface area contributed by atoms with Gasteiger partial charge in [0.2, 0.25) is 0 Å². The molecule has 1 aromatic rings. The molecule has 1 heterocycles. The van der Waals surface area contributed by atoms with E-state index in [2.05, 4.69) is 34.7 Å². The first-order valence-corrected chi connectivity index (χ1v) is 7.19. The third kappa shape index (κ3) is 2.36. The molecule has 0 saturated carbocycles. The Morgan fingerprint density at radius 1 is 1.50 bits per heavy atom. The van der Waals surface area contributed by atoms with Crippen LogP contribution in [0.2, 0.25) is 0 Å². The molecule has 0 atom stereocenters. The highest BCUT2D eigenvalue weighted by Gasteiger charge is 2.32. The third-order valence-corrected chi connectivity index (χ3v) is 4.22. The summed E-state index contributed by atoms with van der Waals surface area (Å²) in [5.41, 5.74) is 2.14. The lowest BCUT2D eigenvalue weighted by Gasteiger charge is -2.33. The Morgan fingerprint density at radius 3 is 2.72 bits per heavy atom. The molecule has 0 amide bonds. The summed E-state index contributed by atoms with van der Waals surface area (Å²) in [7, 11) is 0. The minimum atomic E-state index is -0.324. The van der Waals surface area contributed by atoms with Gasteiger partial charge in [0.1, 0.15) is 0 Å². The van der Waals surface area contributed by atoms with Crippen LogP contribution in [-0.2, 0) is 5.33 Å². The molecule has 0 bridgehead atoms. The molecule has 2 rings (SSSR count). The van der Waals surface area contributed by atoms with E-state index in [4.69, 9.17) is 0 Å². The van der Waals surface area contributed by atoms with Crippen LogP contribution in [0.15, 0.2) is 18.2 Å². The Kier molecular flexibility index (Phi) is 3.61. The fraction of sp³-hybridized carbons (Fsp3) is 0.538. The lowest BCUT2D eigenvalue weighted by molar-refractivity contribution is -0.385. The molecular weight excluding hydrogens is 296 g/mol. The maximum Gasteiger partial charge on any atom is 0.273 e. The van der Waals surface area contributed by atoms with Crippen LogP contribution in [0.5, 0.6) is 0 Å². The summed E-state index contributed by atoms with van der Waals surface area (Å²) in [5.74, 6) is 0. The number of nitro benzene ring substituents is 1. The standard InChI is InChI=1S/C13H17BrN2O2/c1-13(2)6-3-7-15(13)11-4-5-12(16(17)18)10(8-11)9-14/h4-5,8H,3,6-7,9H2,1-2H3. The van der Waals surface area contributed by atoms with Gasteiger partial charge in [-0.2, -0.15) is 0 Å². The number of rotatable bonds is 3. The lowest BCUT2D eigenvalue weighted by Crippen LogP contribution is -2.38. The van der Waals surface area contributed by atoms with E-state index in [9.17, 15) is 10.1 Å². The van der Waals surface area contributed by atoms with Gasteiger partial charge < -0.3 is 4.90 Å². The smallest absolute Gasteiger partial charge is 0.273 e. The Bertz CT molecular complexity index is 474. The Morgan fingerprint density at radius 2 is 2.22 bits per heavy atom. The van der Waals surface area contributed by atoms with Gasteiger partial charge in [0, 0.05) is 34.7 Å². The van der Waals surface area contributed by atoms with Crippen molar-refractivity contribution in [1.29, 1.82) is 0 Å². The fourth-order valence-electron chi connectivity index (χ4n) is 2.61. The third-order valence-electron chi connectivity index (χ3n) is 3.62. The molecule has 0 N–H and O–H groups in total. The number of anilines is 1. The minimum absolute atomic E-state index is 0.139. The topological polar surface area (TPSA) is 46.4 Å². The molecule has 0 aliphatic carbocycles. The SMILES string of the molecule is CC1(C)CCCN1c1ccc([N+](=O)[O-])c(CBr)c1. The van der Waals surface area contributed by atoms with E-state index in [0.717, 1.165) is 24.2 Å². The van der Waals surface area contributed by atoms with Gasteiger partial charge in [-0.15, -0.1) is 0 Å². The zero-order valence-corrected chi connectivity index (χ0v) is 12.2. The van der Waals surface area contributed by atoms with Crippen molar-refractivity contribution in [2.75, 3.05) is 11.4 Å². The van der Waals surface area contributed by atoms with E-state index in [0.29, 0.717) is 5.33 Å². The molecule has 0 unspecified atom stereocenters. The van der Waals surface area contributed by atoms with E-state index in [1.165, 1.54) is 6.42 Å². The normalized spacial score (nSPS) is 18.1. The Hall–Kier alpha value is -1.10. The van der Waals surface area contributed by atoms with Crippen molar-refractivity contribution >= 4 is 27.3 Å². The maximum atomic E-state index is 10.9. The number of nitrogens with zero attached hydrogens (tertiary/aromatic N) is 2. The Balaban J connectivity index is 2.39. The molecular formula is C13H17BrN2O2. The quantitative estimate of drug-likeness (QED) is 0.483. The summed E-state index contributed by atoms with van der Waals surface area (Å²) in [6, 6.07) is 5.40. The zero-order chi connectivity index (χ0) is 13.3. The van der Waals surface area contributed by atoms with Crippen molar-refractivity contribution in [3.05, 3.63) is 33.9 Å². The molecule has 1 aliphatic heterocycles. The molecule has 5 heteroatoms. The van der Waals surface area contributed by atoms with Gasteiger partial charge in [-0.25, -0.2) is 0 Å². The fourth-order valence-corrected chi connectivity index (χ4v) is 3.06. The molecule has 18 heavy (non-hydrogen) atoms. The van der Waals surface area contributed by atoms with Crippen molar-refractivity contribution in [1.82, 2.24) is 0 Å². The number of benzene rings is 1. The summed E-state index contributed by atoms with van der Waals surface area (Å²) >= 11 is 3.32. The van der Waals surface area contributed by atoms with Crippen LogP contribution in [0.25, 0.3) is 0 Å². The zero-order valence-electron chi connectivity index (χ0n) is 10.6. The second kappa shape index (κ2) is 4.88. The van der Waals surface area contributed by atoms with Crippen LogP contribution in [0, 0.1) is 10.1 Å². The average molecular weight is 313 g/mol. The first-order valence-electron chi connectivity index (χ1n) is 6.06. The molecule has 0 radical (unpaired) electrons. The molecule has 0 spiro atoms. The molecule has 1 fully saturated rings. The van der Waals surface area contributed by atoms with Crippen molar-refractivity contribution in [3.8, 4) is 0 Å². The highest BCUT2D eigenvalue weighted by atomic mass is 79.9. The second-order valence-electron chi connectivity index (χ2n) is 5.27. The van der Waals surface area contributed by atoms with E-state index in [1.807, 2.05) is 12.1 Å². The van der Waals surface area contributed by atoms with Gasteiger partial charge in [0.25, 0.3) is 5.69 Å². The highest BCUT2D eigenvalue weighted by molar-refractivity contribution is 9.08. The molecule has 1 aliphatic rings. The van der Waals surface area contributed by atoms with Crippen LogP contribution < -0.4 is 4.90 Å². The number of nitro groups is 1. The summed E-state index contributed by atoms with van der Waals surface area (Å²) in [4.78, 5) is 12.9. The lowest BCUT2D eigenvalue weighted by atomic mass is 10.0. The molecule has 1 saturated heterocycles. The van der Waals surface area contributed by atoms with Gasteiger partial charge >= 0.3 is 0 Å². The van der Waals surface area contributed by atoms with Crippen molar-refractivity contribution in [2.24, 2.45) is 0 Å². The van der Waals surface area contributed by atoms with E-state index in [1.54, 1.807) is 6.07 Å². The van der Waals surface area contributed by atoms with Crippen molar-refractivity contribution < 1.29 is 4.92 Å².